The van der Waals surface area contributed by atoms with Crippen LogP contribution in [0.4, 0.5) is 11.5 Å². The Kier molecular flexibility index (Phi) is 4.55. The zero-order valence-electron chi connectivity index (χ0n) is 14.8. The minimum atomic E-state index is -0.500. The zero-order valence-corrected chi connectivity index (χ0v) is 14.8. The first-order valence-corrected chi connectivity index (χ1v) is 8.67. The van der Waals surface area contributed by atoms with Gasteiger partial charge in [0.05, 0.1) is 17.0 Å². The molecule has 0 saturated carbocycles. The Hall–Kier alpha value is -4.00. The van der Waals surface area contributed by atoms with Gasteiger partial charge >= 0.3 is 0 Å². The maximum Gasteiger partial charge on any atom is 0.269 e. The summed E-state index contributed by atoms with van der Waals surface area (Å²) in [5.41, 5.74) is 2.27. The minimum absolute atomic E-state index is 0.0610. The number of para-hydroxylation sites is 1. The molecule has 0 saturated heterocycles. The Morgan fingerprint density at radius 1 is 0.964 bits per heavy atom. The number of nitro benzene ring substituents is 1. The van der Waals surface area contributed by atoms with Gasteiger partial charge in [-0.15, -0.1) is 0 Å². The fourth-order valence-electron chi connectivity index (χ4n) is 3.01. The second-order valence-electron chi connectivity index (χ2n) is 6.27. The average molecular weight is 372 g/mol. The molecular weight excluding hydrogens is 356 g/mol. The van der Waals surface area contributed by atoms with Gasteiger partial charge in [-0.2, -0.15) is 5.10 Å². The van der Waals surface area contributed by atoms with Gasteiger partial charge in [0.15, 0.2) is 5.82 Å². The van der Waals surface area contributed by atoms with Gasteiger partial charge in [-0.1, -0.05) is 42.5 Å². The fourth-order valence-corrected chi connectivity index (χ4v) is 3.01. The topological polar surface area (TPSA) is 90.1 Å². The number of carbonyl (C=O) groups is 1. The summed E-state index contributed by atoms with van der Waals surface area (Å²) in [7, 11) is 0. The summed E-state index contributed by atoms with van der Waals surface area (Å²) in [6.45, 7) is 0.578. The Morgan fingerprint density at radius 2 is 1.64 bits per heavy atom. The van der Waals surface area contributed by atoms with Gasteiger partial charge in [0.1, 0.15) is 0 Å². The molecule has 7 nitrogen and oxygen atoms in total. The lowest BCUT2D eigenvalue weighted by Gasteiger charge is -2.03. The van der Waals surface area contributed by atoms with Crippen molar-refractivity contribution in [2.45, 2.75) is 6.54 Å². The predicted octanol–water partition coefficient (Wildman–Crippen LogP) is 4.25. The van der Waals surface area contributed by atoms with Crippen LogP contribution in [-0.4, -0.2) is 20.6 Å². The molecule has 1 aromatic heterocycles. The Morgan fingerprint density at radius 3 is 2.36 bits per heavy atom. The molecule has 0 aliphatic carbocycles. The van der Waals surface area contributed by atoms with Crippen LogP contribution in [0.15, 0.2) is 78.9 Å². The van der Waals surface area contributed by atoms with Crippen molar-refractivity contribution in [3.8, 4) is 0 Å². The van der Waals surface area contributed by atoms with Crippen molar-refractivity contribution in [2.24, 2.45) is 0 Å². The number of fused-ring (bicyclic) bond motifs is 1. The molecule has 1 N–H and O–H groups in total. The second kappa shape index (κ2) is 7.32. The average Bonchev–Trinajstić information content (AvgIpc) is 3.06. The minimum Gasteiger partial charge on any atom is -0.305 e. The molecule has 0 spiro atoms. The maximum atomic E-state index is 12.6. The zero-order chi connectivity index (χ0) is 19.5. The second-order valence-corrected chi connectivity index (χ2v) is 6.27. The van der Waals surface area contributed by atoms with Crippen molar-refractivity contribution in [1.82, 2.24) is 9.78 Å². The van der Waals surface area contributed by atoms with Crippen LogP contribution in [-0.2, 0) is 6.54 Å². The van der Waals surface area contributed by atoms with Gasteiger partial charge in [-0.25, -0.2) is 0 Å². The van der Waals surface area contributed by atoms with Crippen LogP contribution >= 0.6 is 0 Å². The van der Waals surface area contributed by atoms with E-state index in [1.807, 2.05) is 59.3 Å². The third-order valence-corrected chi connectivity index (χ3v) is 4.41. The Labute approximate surface area is 160 Å². The summed E-state index contributed by atoms with van der Waals surface area (Å²) in [5, 5.41) is 19.0. The number of aromatic nitrogens is 2. The van der Waals surface area contributed by atoms with Gasteiger partial charge in [0.2, 0.25) is 0 Å². The SMILES string of the molecule is O=C(Nc1nn(Cc2ccccc2)c2ccccc12)c1ccc([N+](=O)[O-])cc1. The largest absolute Gasteiger partial charge is 0.305 e. The van der Waals surface area contributed by atoms with Gasteiger partial charge in [0, 0.05) is 23.1 Å². The van der Waals surface area contributed by atoms with Crippen LogP contribution in [0.1, 0.15) is 15.9 Å². The number of nitrogens with one attached hydrogen (secondary N) is 1. The summed E-state index contributed by atoms with van der Waals surface area (Å²) in [6, 6.07) is 23.1. The third kappa shape index (κ3) is 3.45. The first kappa shape index (κ1) is 17.4. The molecule has 0 aliphatic rings. The van der Waals surface area contributed by atoms with E-state index in [4.69, 9.17) is 0 Å². The molecular formula is C21H16N4O3. The molecule has 1 amide bonds. The molecule has 7 heteroatoms. The van der Waals surface area contributed by atoms with Crippen molar-refractivity contribution in [1.29, 1.82) is 0 Å². The van der Waals surface area contributed by atoms with Crippen molar-refractivity contribution < 1.29 is 9.72 Å². The molecule has 28 heavy (non-hydrogen) atoms. The molecule has 3 aromatic carbocycles. The summed E-state index contributed by atoms with van der Waals surface area (Å²) in [6.07, 6.45) is 0. The number of nitrogens with zero attached hydrogens (tertiary/aromatic N) is 3. The van der Waals surface area contributed by atoms with Gasteiger partial charge < -0.3 is 5.32 Å². The number of hydrogen-bond donors (Lipinski definition) is 1. The predicted molar refractivity (Wildman–Crippen MR) is 106 cm³/mol. The summed E-state index contributed by atoms with van der Waals surface area (Å²) >= 11 is 0. The van der Waals surface area contributed by atoms with E-state index in [1.165, 1.54) is 24.3 Å². The number of non-ortho nitro benzene ring substituents is 1. The molecule has 0 atom stereocenters. The highest BCUT2D eigenvalue weighted by molar-refractivity contribution is 6.08. The van der Waals surface area contributed by atoms with Gasteiger partial charge in [-0.05, 0) is 29.8 Å². The normalized spacial score (nSPS) is 10.7. The molecule has 0 aliphatic heterocycles. The quantitative estimate of drug-likeness (QED) is 0.419. The van der Waals surface area contributed by atoms with E-state index >= 15 is 0 Å². The van der Waals surface area contributed by atoms with E-state index in [1.54, 1.807) is 0 Å². The molecule has 4 aromatic rings. The lowest BCUT2D eigenvalue weighted by Crippen LogP contribution is -2.13. The molecule has 1 heterocycles. The molecule has 0 fully saturated rings. The highest BCUT2D eigenvalue weighted by Gasteiger charge is 2.15. The number of nitro groups is 1. The Bertz CT molecular complexity index is 1150. The molecule has 138 valence electrons. The number of benzene rings is 3. The van der Waals surface area contributed by atoms with Crippen molar-refractivity contribution in [3.63, 3.8) is 0 Å². The van der Waals surface area contributed by atoms with Crippen molar-refractivity contribution in [3.05, 3.63) is 100 Å². The number of amides is 1. The first-order chi connectivity index (χ1) is 13.6. The van der Waals surface area contributed by atoms with E-state index < -0.39 is 4.92 Å². The first-order valence-electron chi connectivity index (χ1n) is 8.67. The van der Waals surface area contributed by atoms with Crippen LogP contribution in [0.3, 0.4) is 0 Å². The number of hydrogen-bond acceptors (Lipinski definition) is 4. The van der Waals surface area contributed by atoms with Gasteiger partial charge in [0.25, 0.3) is 11.6 Å². The maximum absolute atomic E-state index is 12.6. The summed E-state index contributed by atoms with van der Waals surface area (Å²) in [5.74, 6) is 0.0832. The van der Waals surface area contributed by atoms with Crippen LogP contribution in [0.5, 0.6) is 0 Å². The van der Waals surface area contributed by atoms with Crippen LogP contribution in [0.2, 0.25) is 0 Å². The molecule has 0 unspecified atom stereocenters. The molecule has 0 bridgehead atoms. The van der Waals surface area contributed by atoms with E-state index in [2.05, 4.69) is 10.4 Å². The highest BCUT2D eigenvalue weighted by Crippen LogP contribution is 2.24. The number of carbonyl (C=O) groups excluding carboxylic acids is 1. The Balaban J connectivity index is 1.63. The molecule has 0 radical (unpaired) electrons. The highest BCUT2D eigenvalue weighted by atomic mass is 16.6. The van der Waals surface area contributed by atoms with E-state index in [9.17, 15) is 14.9 Å². The third-order valence-electron chi connectivity index (χ3n) is 4.41. The lowest BCUT2D eigenvalue weighted by molar-refractivity contribution is -0.384. The van der Waals surface area contributed by atoms with E-state index in [0.717, 1.165) is 16.5 Å². The van der Waals surface area contributed by atoms with E-state index in [-0.39, 0.29) is 11.6 Å². The smallest absolute Gasteiger partial charge is 0.269 e. The van der Waals surface area contributed by atoms with Crippen LogP contribution in [0, 0.1) is 10.1 Å². The monoisotopic (exact) mass is 372 g/mol. The van der Waals surface area contributed by atoms with E-state index in [0.29, 0.717) is 17.9 Å². The van der Waals surface area contributed by atoms with Crippen LogP contribution < -0.4 is 5.32 Å². The van der Waals surface area contributed by atoms with Crippen molar-refractivity contribution >= 4 is 28.3 Å². The fraction of sp³-hybridized carbons (Fsp3) is 0.0476. The lowest BCUT2D eigenvalue weighted by atomic mass is 10.2. The number of anilines is 1. The number of rotatable bonds is 5. The van der Waals surface area contributed by atoms with Crippen molar-refractivity contribution in [2.75, 3.05) is 5.32 Å². The summed E-state index contributed by atoms with van der Waals surface area (Å²) < 4.78 is 1.84. The standard InChI is InChI=1S/C21H16N4O3/c26-21(16-10-12-17(13-11-16)25(27)28)22-20-18-8-4-5-9-19(18)24(23-20)14-15-6-2-1-3-7-15/h1-13H,14H2,(H,22,23,26). The molecule has 4 rings (SSSR count). The van der Waals surface area contributed by atoms with Gasteiger partial charge in [-0.3, -0.25) is 19.6 Å². The summed E-state index contributed by atoms with van der Waals surface area (Å²) in [4.78, 5) is 22.8. The van der Waals surface area contributed by atoms with Crippen LogP contribution in [0.25, 0.3) is 10.9 Å².